The summed E-state index contributed by atoms with van der Waals surface area (Å²) in [6.45, 7) is 5.50. The molecular weight excluding hydrogens is 421 g/mol. The third-order valence-corrected chi connectivity index (χ3v) is 4.73. The van der Waals surface area contributed by atoms with Gasteiger partial charge in [0.15, 0.2) is 0 Å². The fourth-order valence-corrected chi connectivity index (χ4v) is 3.18. The van der Waals surface area contributed by atoms with Crippen LogP contribution in [-0.2, 0) is 29.0 Å². The van der Waals surface area contributed by atoms with Gasteiger partial charge in [-0.05, 0) is 50.3 Å². The predicted molar refractivity (Wildman–Crippen MR) is 125 cm³/mol. The van der Waals surface area contributed by atoms with Crippen molar-refractivity contribution in [1.29, 1.82) is 5.26 Å². The van der Waals surface area contributed by atoms with Crippen molar-refractivity contribution in [3.05, 3.63) is 71.3 Å². The highest BCUT2D eigenvalue weighted by Crippen LogP contribution is 2.14. The zero-order chi connectivity index (χ0) is 24.4. The molecule has 0 aliphatic rings. The average Bonchev–Trinajstić information content (AvgIpc) is 2.75. The van der Waals surface area contributed by atoms with E-state index >= 15 is 0 Å². The highest BCUT2D eigenvalue weighted by atomic mass is 16.5. The number of nitrogens with one attached hydrogen (secondary N) is 2. The van der Waals surface area contributed by atoms with Crippen molar-refractivity contribution in [2.75, 3.05) is 0 Å². The first-order valence-electron chi connectivity index (χ1n) is 10.7. The fourth-order valence-electron chi connectivity index (χ4n) is 3.18. The summed E-state index contributed by atoms with van der Waals surface area (Å²) < 4.78 is 5.23. The Morgan fingerprint density at radius 1 is 1.03 bits per heavy atom. The molecule has 33 heavy (non-hydrogen) atoms. The number of carbonyl (C=O) groups excluding carboxylic acids is 2. The number of hydrogen-bond acceptors (Lipinski definition) is 6. The normalized spacial score (nSPS) is 12.7. The molecule has 1 unspecified atom stereocenters. The minimum atomic E-state index is -1.75. The van der Waals surface area contributed by atoms with Gasteiger partial charge in [-0.3, -0.25) is 4.79 Å². The number of nitriles is 1. The molecule has 9 heteroatoms. The smallest absolute Gasteiger partial charge is 0.445 e. The molecule has 2 rings (SSSR count). The number of rotatable bonds is 9. The van der Waals surface area contributed by atoms with Gasteiger partial charge in [0.05, 0.1) is 12.0 Å². The number of nitrogens with zero attached hydrogens (tertiary/aromatic N) is 1. The van der Waals surface area contributed by atoms with E-state index < -0.39 is 30.6 Å². The van der Waals surface area contributed by atoms with E-state index in [2.05, 4.69) is 10.6 Å². The third-order valence-electron chi connectivity index (χ3n) is 4.73. The van der Waals surface area contributed by atoms with Crippen LogP contribution in [0.15, 0.2) is 54.6 Å². The monoisotopic (exact) mass is 451 g/mol. The van der Waals surface area contributed by atoms with Gasteiger partial charge in [-0.15, -0.1) is 0 Å². The van der Waals surface area contributed by atoms with Gasteiger partial charge in [-0.1, -0.05) is 54.6 Å². The molecule has 2 aromatic rings. The average molecular weight is 451 g/mol. The Bertz CT molecular complexity index is 970. The van der Waals surface area contributed by atoms with Gasteiger partial charge in [0.25, 0.3) is 0 Å². The molecule has 0 heterocycles. The van der Waals surface area contributed by atoms with Gasteiger partial charge in [-0.2, -0.15) is 5.26 Å². The molecule has 0 saturated heterocycles. The first kappa shape index (κ1) is 25.9. The highest BCUT2D eigenvalue weighted by molar-refractivity contribution is 6.43. The molecule has 2 aromatic carbocycles. The van der Waals surface area contributed by atoms with E-state index in [1.807, 2.05) is 57.2 Å². The first-order valence-corrected chi connectivity index (χ1v) is 10.7. The lowest BCUT2D eigenvalue weighted by atomic mass is 9.76. The molecule has 0 aliphatic heterocycles. The van der Waals surface area contributed by atoms with Crippen LogP contribution in [0.25, 0.3) is 0 Å². The van der Waals surface area contributed by atoms with Crippen molar-refractivity contribution >= 4 is 19.1 Å². The molecular formula is C24H30BN3O5. The summed E-state index contributed by atoms with van der Waals surface area (Å²) in [5.41, 5.74) is 1.85. The van der Waals surface area contributed by atoms with Gasteiger partial charge in [0.1, 0.15) is 12.5 Å². The van der Waals surface area contributed by atoms with Gasteiger partial charge < -0.3 is 25.4 Å². The maximum Gasteiger partial charge on any atom is 0.475 e. The predicted octanol–water partition coefficient (Wildman–Crippen LogP) is 2.13. The third kappa shape index (κ3) is 9.35. The van der Waals surface area contributed by atoms with Crippen molar-refractivity contribution in [1.82, 2.24) is 10.6 Å². The van der Waals surface area contributed by atoms with Crippen LogP contribution in [0.5, 0.6) is 0 Å². The summed E-state index contributed by atoms with van der Waals surface area (Å²) in [7, 11) is -1.75. The SMILES string of the molecule is CC(C)(C)NC(=O)C(C#N)Cc1cccc(COC(=O)N[C@@H](Cc2ccccc2)B(O)O)c1. The van der Waals surface area contributed by atoms with Crippen LogP contribution < -0.4 is 10.6 Å². The molecule has 2 amide bonds. The van der Waals surface area contributed by atoms with E-state index in [4.69, 9.17) is 4.74 Å². The zero-order valence-corrected chi connectivity index (χ0v) is 19.1. The number of alkyl carbamates (subject to hydrolysis) is 1. The van der Waals surface area contributed by atoms with Gasteiger partial charge in [0, 0.05) is 5.54 Å². The van der Waals surface area contributed by atoms with Crippen LogP contribution in [0.4, 0.5) is 4.79 Å². The largest absolute Gasteiger partial charge is 0.475 e. The number of amides is 2. The molecule has 0 radical (unpaired) electrons. The molecule has 0 spiro atoms. The molecule has 0 fully saturated rings. The second-order valence-electron chi connectivity index (χ2n) is 8.88. The summed E-state index contributed by atoms with van der Waals surface area (Å²) >= 11 is 0. The lowest BCUT2D eigenvalue weighted by Crippen LogP contribution is -2.48. The lowest BCUT2D eigenvalue weighted by Gasteiger charge is -2.22. The van der Waals surface area contributed by atoms with Crippen molar-refractivity contribution in [2.24, 2.45) is 5.92 Å². The summed E-state index contributed by atoms with van der Waals surface area (Å²) in [6, 6.07) is 18.3. The summed E-state index contributed by atoms with van der Waals surface area (Å²) in [5, 5.41) is 33.9. The molecule has 0 saturated carbocycles. The van der Waals surface area contributed by atoms with E-state index in [1.165, 1.54) is 0 Å². The fraction of sp³-hybridized carbons (Fsp3) is 0.375. The maximum absolute atomic E-state index is 12.3. The minimum Gasteiger partial charge on any atom is -0.445 e. The Morgan fingerprint density at radius 3 is 2.27 bits per heavy atom. The zero-order valence-electron chi connectivity index (χ0n) is 19.1. The molecule has 0 aliphatic carbocycles. The second-order valence-corrected chi connectivity index (χ2v) is 8.88. The number of ether oxygens (including phenoxy) is 1. The van der Waals surface area contributed by atoms with E-state index in [9.17, 15) is 24.9 Å². The van der Waals surface area contributed by atoms with Crippen LogP contribution in [-0.4, -0.2) is 40.6 Å². The number of benzene rings is 2. The Balaban J connectivity index is 1.93. The Labute approximate surface area is 194 Å². The first-order chi connectivity index (χ1) is 15.6. The van der Waals surface area contributed by atoms with Crippen molar-refractivity contribution in [3.8, 4) is 6.07 Å². The molecule has 0 bridgehead atoms. The van der Waals surface area contributed by atoms with E-state index in [0.29, 0.717) is 5.56 Å². The van der Waals surface area contributed by atoms with Crippen molar-refractivity contribution in [2.45, 2.75) is 51.7 Å². The summed E-state index contributed by atoms with van der Waals surface area (Å²) in [5.74, 6) is -2.10. The highest BCUT2D eigenvalue weighted by Gasteiger charge is 2.26. The van der Waals surface area contributed by atoms with E-state index in [1.54, 1.807) is 24.3 Å². The summed E-state index contributed by atoms with van der Waals surface area (Å²) in [6.07, 6.45) is -0.322. The standard InChI is InChI=1S/C24H30BN3O5/c1-24(2,3)28-22(29)20(15-26)13-18-10-7-11-19(12-18)16-33-23(30)27-21(25(31)32)14-17-8-5-4-6-9-17/h4-12,20-21,31-32H,13-14,16H2,1-3H3,(H,27,30)(H,28,29)/t20?,21-/m0/s1. The Morgan fingerprint density at radius 2 is 1.67 bits per heavy atom. The van der Waals surface area contributed by atoms with Crippen LogP contribution in [0.3, 0.4) is 0 Å². The molecule has 174 valence electrons. The summed E-state index contributed by atoms with van der Waals surface area (Å²) in [4.78, 5) is 24.5. The van der Waals surface area contributed by atoms with Crippen molar-refractivity contribution in [3.63, 3.8) is 0 Å². The van der Waals surface area contributed by atoms with Crippen LogP contribution >= 0.6 is 0 Å². The van der Waals surface area contributed by atoms with Gasteiger partial charge in [-0.25, -0.2) is 4.79 Å². The minimum absolute atomic E-state index is 0.0509. The van der Waals surface area contributed by atoms with E-state index in [-0.39, 0.29) is 25.4 Å². The molecule has 4 N–H and O–H groups in total. The van der Waals surface area contributed by atoms with Crippen LogP contribution in [0.2, 0.25) is 0 Å². The van der Waals surface area contributed by atoms with Crippen LogP contribution in [0, 0.1) is 17.2 Å². The Kier molecular flexibility index (Phi) is 9.46. The second kappa shape index (κ2) is 12.0. The van der Waals surface area contributed by atoms with Gasteiger partial charge >= 0.3 is 13.2 Å². The maximum atomic E-state index is 12.3. The molecule has 0 aromatic heterocycles. The van der Waals surface area contributed by atoms with Crippen molar-refractivity contribution < 1.29 is 24.4 Å². The lowest BCUT2D eigenvalue weighted by molar-refractivity contribution is -0.124. The number of hydrogen-bond donors (Lipinski definition) is 4. The van der Waals surface area contributed by atoms with Crippen LogP contribution in [0.1, 0.15) is 37.5 Å². The number of carbonyl (C=O) groups is 2. The molecule has 8 nitrogen and oxygen atoms in total. The quantitative estimate of drug-likeness (QED) is 0.432. The Hall–Kier alpha value is -3.35. The van der Waals surface area contributed by atoms with E-state index in [0.717, 1.165) is 11.1 Å². The van der Waals surface area contributed by atoms with Gasteiger partial charge in [0.2, 0.25) is 5.91 Å². The topological polar surface area (TPSA) is 132 Å². The molecule has 2 atom stereocenters.